The fraction of sp³-hybridized carbons (Fsp3) is 0.727. The van der Waals surface area contributed by atoms with Crippen molar-refractivity contribution >= 4 is 11.3 Å². The second kappa shape index (κ2) is 5.23. The van der Waals surface area contributed by atoms with Crippen molar-refractivity contribution in [2.45, 2.75) is 38.0 Å². The van der Waals surface area contributed by atoms with E-state index < -0.39 is 5.60 Å². The molecule has 1 aliphatic carbocycles. The summed E-state index contributed by atoms with van der Waals surface area (Å²) >= 11 is 1.61. The van der Waals surface area contributed by atoms with Crippen LogP contribution in [0.25, 0.3) is 0 Å². The standard InChI is InChI=1S/C11H18N2O2S/c1-15-6-10-13-9(7-16-10)5-12-8-11(14)3-2-4-11/h7,12,14H,2-6,8H2,1H3. The van der Waals surface area contributed by atoms with Crippen LogP contribution in [-0.4, -0.2) is 29.3 Å². The van der Waals surface area contributed by atoms with E-state index in [0.717, 1.165) is 36.5 Å². The zero-order chi connectivity index (χ0) is 11.4. The van der Waals surface area contributed by atoms with Gasteiger partial charge in [-0.25, -0.2) is 4.98 Å². The van der Waals surface area contributed by atoms with Crippen LogP contribution in [0.1, 0.15) is 30.0 Å². The fourth-order valence-electron chi connectivity index (χ4n) is 1.80. The molecule has 1 aromatic heterocycles. The Morgan fingerprint density at radius 3 is 3.06 bits per heavy atom. The first-order valence-electron chi connectivity index (χ1n) is 5.57. The Bertz CT molecular complexity index is 336. The van der Waals surface area contributed by atoms with E-state index in [1.165, 1.54) is 0 Å². The summed E-state index contributed by atoms with van der Waals surface area (Å²) in [5.74, 6) is 0. The summed E-state index contributed by atoms with van der Waals surface area (Å²) in [5, 5.41) is 16.2. The van der Waals surface area contributed by atoms with E-state index in [9.17, 15) is 5.11 Å². The third kappa shape index (κ3) is 3.01. The largest absolute Gasteiger partial charge is 0.389 e. The van der Waals surface area contributed by atoms with Gasteiger partial charge >= 0.3 is 0 Å². The lowest BCUT2D eigenvalue weighted by atomic mass is 9.80. The molecule has 5 heteroatoms. The summed E-state index contributed by atoms with van der Waals surface area (Å²) < 4.78 is 5.01. The van der Waals surface area contributed by atoms with Gasteiger partial charge in [-0.05, 0) is 19.3 Å². The van der Waals surface area contributed by atoms with Crippen molar-refractivity contribution in [2.24, 2.45) is 0 Å². The number of hydrogen-bond acceptors (Lipinski definition) is 5. The van der Waals surface area contributed by atoms with E-state index in [-0.39, 0.29) is 0 Å². The molecule has 1 aliphatic rings. The third-order valence-electron chi connectivity index (χ3n) is 2.91. The molecular weight excluding hydrogens is 224 g/mol. The number of nitrogens with one attached hydrogen (secondary N) is 1. The van der Waals surface area contributed by atoms with Gasteiger partial charge in [0.15, 0.2) is 0 Å². The van der Waals surface area contributed by atoms with Gasteiger partial charge in [0.05, 0.1) is 17.9 Å². The van der Waals surface area contributed by atoms with E-state index in [0.29, 0.717) is 13.2 Å². The lowest BCUT2D eigenvalue weighted by Gasteiger charge is -2.36. The van der Waals surface area contributed by atoms with Crippen LogP contribution >= 0.6 is 11.3 Å². The first-order chi connectivity index (χ1) is 7.72. The molecule has 0 saturated heterocycles. The van der Waals surface area contributed by atoms with Crippen molar-refractivity contribution in [3.63, 3.8) is 0 Å². The predicted molar refractivity (Wildman–Crippen MR) is 63.3 cm³/mol. The third-order valence-corrected chi connectivity index (χ3v) is 3.78. The van der Waals surface area contributed by atoms with Gasteiger partial charge in [-0.2, -0.15) is 0 Å². The van der Waals surface area contributed by atoms with Crippen molar-refractivity contribution in [1.82, 2.24) is 10.3 Å². The number of methoxy groups -OCH3 is 1. The van der Waals surface area contributed by atoms with Crippen LogP contribution in [-0.2, 0) is 17.9 Å². The maximum atomic E-state index is 9.88. The van der Waals surface area contributed by atoms with E-state index in [1.54, 1.807) is 18.4 Å². The van der Waals surface area contributed by atoms with Crippen LogP contribution in [0.4, 0.5) is 0 Å². The van der Waals surface area contributed by atoms with Gasteiger partial charge in [0.2, 0.25) is 0 Å². The number of rotatable bonds is 6. The van der Waals surface area contributed by atoms with E-state index in [4.69, 9.17) is 4.74 Å². The zero-order valence-corrected chi connectivity index (χ0v) is 10.3. The molecule has 1 fully saturated rings. The van der Waals surface area contributed by atoms with Crippen LogP contribution in [0.3, 0.4) is 0 Å². The molecule has 4 nitrogen and oxygen atoms in total. The summed E-state index contributed by atoms with van der Waals surface area (Å²) in [6.45, 7) is 1.97. The normalized spacial score (nSPS) is 18.4. The quantitative estimate of drug-likeness (QED) is 0.789. The number of ether oxygens (including phenoxy) is 1. The molecule has 16 heavy (non-hydrogen) atoms. The monoisotopic (exact) mass is 242 g/mol. The highest BCUT2D eigenvalue weighted by atomic mass is 32.1. The van der Waals surface area contributed by atoms with Crippen molar-refractivity contribution in [3.05, 3.63) is 16.1 Å². The van der Waals surface area contributed by atoms with Gasteiger partial charge < -0.3 is 15.2 Å². The highest BCUT2D eigenvalue weighted by Gasteiger charge is 2.33. The molecule has 0 bridgehead atoms. The Morgan fingerprint density at radius 2 is 2.44 bits per heavy atom. The van der Waals surface area contributed by atoms with Crippen molar-refractivity contribution in [3.8, 4) is 0 Å². The lowest BCUT2D eigenvalue weighted by molar-refractivity contribution is -0.0315. The maximum Gasteiger partial charge on any atom is 0.119 e. The van der Waals surface area contributed by atoms with Crippen LogP contribution in [0.2, 0.25) is 0 Å². The number of aromatic nitrogens is 1. The number of thiazole rings is 1. The Balaban J connectivity index is 1.72. The molecule has 0 spiro atoms. The predicted octanol–water partition coefficient (Wildman–Crippen LogP) is 1.29. The van der Waals surface area contributed by atoms with Crippen LogP contribution in [0.15, 0.2) is 5.38 Å². The minimum atomic E-state index is -0.453. The van der Waals surface area contributed by atoms with Gasteiger partial charge in [0.1, 0.15) is 5.01 Å². The topological polar surface area (TPSA) is 54.4 Å². The van der Waals surface area contributed by atoms with Crippen molar-refractivity contribution < 1.29 is 9.84 Å². The number of aliphatic hydroxyl groups is 1. The minimum absolute atomic E-state index is 0.453. The van der Waals surface area contributed by atoms with Crippen LogP contribution in [0.5, 0.6) is 0 Å². The summed E-state index contributed by atoms with van der Waals surface area (Å²) in [6.07, 6.45) is 2.99. The molecule has 2 rings (SSSR count). The molecule has 0 amide bonds. The van der Waals surface area contributed by atoms with Gasteiger partial charge in [0.25, 0.3) is 0 Å². The molecule has 90 valence electrons. The Kier molecular flexibility index (Phi) is 3.91. The Labute approximate surface area is 99.7 Å². The summed E-state index contributed by atoms with van der Waals surface area (Å²) in [5.41, 5.74) is 0.575. The highest BCUT2D eigenvalue weighted by molar-refractivity contribution is 7.09. The SMILES string of the molecule is COCc1nc(CNCC2(O)CCC2)cs1. The summed E-state index contributed by atoms with van der Waals surface area (Å²) in [6, 6.07) is 0. The van der Waals surface area contributed by atoms with Gasteiger partial charge in [0, 0.05) is 25.6 Å². The first kappa shape index (κ1) is 12.0. The molecule has 1 aromatic rings. The van der Waals surface area contributed by atoms with Crippen molar-refractivity contribution in [1.29, 1.82) is 0 Å². The highest BCUT2D eigenvalue weighted by Crippen LogP contribution is 2.30. The molecule has 0 aliphatic heterocycles. The number of nitrogens with zero attached hydrogens (tertiary/aromatic N) is 1. The summed E-state index contributed by atoms with van der Waals surface area (Å²) in [4.78, 5) is 4.41. The molecule has 0 radical (unpaired) electrons. The van der Waals surface area contributed by atoms with Crippen LogP contribution in [0, 0.1) is 0 Å². The maximum absolute atomic E-state index is 9.88. The second-order valence-electron chi connectivity index (χ2n) is 4.35. The van der Waals surface area contributed by atoms with Gasteiger partial charge in [-0.1, -0.05) is 0 Å². The fourth-order valence-corrected chi connectivity index (χ4v) is 2.57. The van der Waals surface area contributed by atoms with Crippen LogP contribution < -0.4 is 5.32 Å². The Hall–Kier alpha value is -0.490. The zero-order valence-electron chi connectivity index (χ0n) is 9.53. The molecule has 0 aromatic carbocycles. The minimum Gasteiger partial charge on any atom is -0.389 e. The molecule has 0 atom stereocenters. The second-order valence-corrected chi connectivity index (χ2v) is 5.29. The van der Waals surface area contributed by atoms with Gasteiger partial charge in [-0.3, -0.25) is 0 Å². The van der Waals surface area contributed by atoms with Crippen molar-refractivity contribution in [2.75, 3.05) is 13.7 Å². The Morgan fingerprint density at radius 1 is 1.62 bits per heavy atom. The lowest BCUT2D eigenvalue weighted by Crippen LogP contribution is -2.46. The molecular formula is C11H18N2O2S. The van der Waals surface area contributed by atoms with E-state index in [1.807, 2.05) is 5.38 Å². The molecule has 1 saturated carbocycles. The average Bonchev–Trinajstić information content (AvgIpc) is 2.64. The van der Waals surface area contributed by atoms with Gasteiger partial charge in [-0.15, -0.1) is 11.3 Å². The molecule has 2 N–H and O–H groups in total. The number of hydrogen-bond donors (Lipinski definition) is 2. The molecule has 0 unspecified atom stereocenters. The summed E-state index contributed by atoms with van der Waals surface area (Å²) in [7, 11) is 1.67. The van der Waals surface area contributed by atoms with E-state index >= 15 is 0 Å². The molecule has 1 heterocycles. The average molecular weight is 242 g/mol. The smallest absolute Gasteiger partial charge is 0.119 e. The van der Waals surface area contributed by atoms with E-state index in [2.05, 4.69) is 10.3 Å². The first-order valence-corrected chi connectivity index (χ1v) is 6.45.